The fraction of sp³-hybridized carbons (Fsp3) is 0.667. The van der Waals surface area contributed by atoms with Crippen LogP contribution in [0.2, 0.25) is 0 Å². The molecule has 2 heterocycles. The number of aromatic nitrogens is 2. The summed E-state index contributed by atoms with van der Waals surface area (Å²) in [6, 6.07) is 0.473. The third kappa shape index (κ3) is 2.70. The first kappa shape index (κ1) is 11.3. The maximum absolute atomic E-state index is 4.36. The van der Waals surface area contributed by atoms with E-state index in [4.69, 9.17) is 0 Å². The van der Waals surface area contributed by atoms with Gasteiger partial charge in [-0.25, -0.2) is 9.97 Å². The van der Waals surface area contributed by atoms with Gasteiger partial charge in [0.05, 0.1) is 0 Å². The van der Waals surface area contributed by atoms with Crippen molar-refractivity contribution in [3.05, 3.63) is 18.0 Å². The zero-order valence-electron chi connectivity index (χ0n) is 10.2. The molecule has 16 heavy (non-hydrogen) atoms. The topological polar surface area (TPSA) is 49.8 Å². The summed E-state index contributed by atoms with van der Waals surface area (Å²) < 4.78 is 0. The van der Waals surface area contributed by atoms with Gasteiger partial charge in [0.15, 0.2) is 0 Å². The highest BCUT2D eigenvalue weighted by Crippen LogP contribution is 2.20. The molecule has 1 aromatic heterocycles. The zero-order valence-corrected chi connectivity index (χ0v) is 10.2. The molecule has 2 N–H and O–H groups in total. The van der Waals surface area contributed by atoms with Crippen LogP contribution in [0.1, 0.15) is 32.8 Å². The minimum atomic E-state index is 0.118. The van der Waals surface area contributed by atoms with E-state index in [0.717, 1.165) is 25.5 Å². The van der Waals surface area contributed by atoms with Crippen LogP contribution in [0.4, 0.5) is 5.95 Å². The Bertz CT molecular complexity index is 333. The average Bonchev–Trinajstić information content (AvgIpc) is 2.70. The molecule has 0 bridgehead atoms. The predicted molar refractivity (Wildman–Crippen MR) is 65.6 cm³/mol. The van der Waals surface area contributed by atoms with Crippen molar-refractivity contribution in [3.8, 4) is 0 Å². The normalized spacial score (nSPS) is 21.1. The van der Waals surface area contributed by atoms with Crippen molar-refractivity contribution in [1.29, 1.82) is 0 Å². The van der Waals surface area contributed by atoms with Crippen molar-refractivity contribution in [2.45, 2.75) is 38.6 Å². The molecule has 0 saturated carbocycles. The minimum Gasteiger partial charge on any atom is -0.350 e. The van der Waals surface area contributed by atoms with Crippen LogP contribution in [0.25, 0.3) is 0 Å². The van der Waals surface area contributed by atoms with Gasteiger partial charge in [0.2, 0.25) is 5.95 Å². The van der Waals surface area contributed by atoms with E-state index < -0.39 is 0 Å². The Labute approximate surface area is 96.9 Å². The van der Waals surface area contributed by atoms with E-state index in [0.29, 0.717) is 6.04 Å². The van der Waals surface area contributed by atoms with E-state index in [1.165, 1.54) is 5.56 Å². The molecule has 1 atom stereocenters. The summed E-state index contributed by atoms with van der Waals surface area (Å²) in [6.45, 7) is 8.58. The Morgan fingerprint density at radius 2 is 2.00 bits per heavy atom. The molecule has 88 valence electrons. The summed E-state index contributed by atoms with van der Waals surface area (Å²) in [4.78, 5) is 8.72. The third-order valence-corrected chi connectivity index (χ3v) is 2.91. The maximum Gasteiger partial charge on any atom is 0.222 e. The molecule has 0 amide bonds. The van der Waals surface area contributed by atoms with Crippen LogP contribution in [0.15, 0.2) is 12.4 Å². The van der Waals surface area contributed by atoms with Crippen LogP contribution >= 0.6 is 0 Å². The Morgan fingerprint density at radius 3 is 2.50 bits per heavy atom. The van der Waals surface area contributed by atoms with Crippen molar-refractivity contribution in [2.24, 2.45) is 0 Å². The molecule has 4 nitrogen and oxygen atoms in total. The van der Waals surface area contributed by atoms with E-state index in [9.17, 15) is 0 Å². The van der Waals surface area contributed by atoms with E-state index in [-0.39, 0.29) is 5.41 Å². The maximum atomic E-state index is 4.36. The first-order valence-electron chi connectivity index (χ1n) is 5.85. The summed E-state index contributed by atoms with van der Waals surface area (Å²) in [5.41, 5.74) is 1.29. The van der Waals surface area contributed by atoms with Gasteiger partial charge in [0.25, 0.3) is 0 Å². The fourth-order valence-electron chi connectivity index (χ4n) is 1.75. The molecule has 2 rings (SSSR count). The van der Waals surface area contributed by atoms with Gasteiger partial charge in [0, 0.05) is 25.0 Å². The van der Waals surface area contributed by atoms with Gasteiger partial charge < -0.3 is 10.6 Å². The van der Waals surface area contributed by atoms with Crippen LogP contribution in [0.3, 0.4) is 0 Å². The molecule has 1 unspecified atom stereocenters. The fourth-order valence-corrected chi connectivity index (χ4v) is 1.75. The van der Waals surface area contributed by atoms with Crippen LogP contribution < -0.4 is 10.6 Å². The van der Waals surface area contributed by atoms with Crippen molar-refractivity contribution < 1.29 is 0 Å². The molecule has 0 spiro atoms. The van der Waals surface area contributed by atoms with Gasteiger partial charge >= 0.3 is 0 Å². The highest BCUT2D eigenvalue weighted by Gasteiger charge is 2.17. The van der Waals surface area contributed by atoms with Gasteiger partial charge in [0.1, 0.15) is 0 Å². The number of nitrogens with one attached hydrogen (secondary N) is 2. The minimum absolute atomic E-state index is 0.118. The van der Waals surface area contributed by atoms with Gasteiger partial charge in [-0.2, -0.15) is 0 Å². The first-order valence-corrected chi connectivity index (χ1v) is 5.85. The SMILES string of the molecule is CC(C)(C)c1cnc(NC2CCNC2)nc1. The van der Waals surface area contributed by atoms with Crippen LogP contribution in [0.5, 0.6) is 0 Å². The molecular weight excluding hydrogens is 200 g/mol. The van der Waals surface area contributed by atoms with E-state index >= 15 is 0 Å². The zero-order chi connectivity index (χ0) is 11.6. The monoisotopic (exact) mass is 220 g/mol. The molecule has 0 aliphatic carbocycles. The second-order valence-corrected chi connectivity index (χ2v) is 5.38. The first-order chi connectivity index (χ1) is 7.55. The number of nitrogens with zero attached hydrogens (tertiary/aromatic N) is 2. The molecule has 1 saturated heterocycles. The van der Waals surface area contributed by atoms with Crippen LogP contribution in [-0.2, 0) is 5.41 Å². The Balaban J connectivity index is 2.01. The van der Waals surface area contributed by atoms with Crippen molar-refractivity contribution in [2.75, 3.05) is 18.4 Å². The van der Waals surface area contributed by atoms with E-state index in [1.807, 2.05) is 12.4 Å². The third-order valence-electron chi connectivity index (χ3n) is 2.91. The average molecular weight is 220 g/mol. The van der Waals surface area contributed by atoms with Gasteiger partial charge in [-0.3, -0.25) is 0 Å². The van der Waals surface area contributed by atoms with Crippen molar-refractivity contribution in [1.82, 2.24) is 15.3 Å². The van der Waals surface area contributed by atoms with Crippen molar-refractivity contribution >= 4 is 5.95 Å². The van der Waals surface area contributed by atoms with Gasteiger partial charge in [-0.15, -0.1) is 0 Å². The summed E-state index contributed by atoms with van der Waals surface area (Å²) in [6.07, 6.45) is 4.97. The van der Waals surface area contributed by atoms with Gasteiger partial charge in [-0.1, -0.05) is 20.8 Å². The highest BCUT2D eigenvalue weighted by molar-refractivity contribution is 5.29. The molecular formula is C12H20N4. The van der Waals surface area contributed by atoms with Crippen LogP contribution in [0, 0.1) is 0 Å². The smallest absolute Gasteiger partial charge is 0.222 e. The number of hydrogen-bond acceptors (Lipinski definition) is 4. The molecule has 0 aromatic carbocycles. The quantitative estimate of drug-likeness (QED) is 0.794. The Kier molecular flexibility index (Phi) is 3.10. The lowest BCUT2D eigenvalue weighted by atomic mass is 9.89. The summed E-state index contributed by atoms with van der Waals surface area (Å²) in [7, 11) is 0. The molecule has 1 aliphatic rings. The second-order valence-electron chi connectivity index (χ2n) is 5.38. The molecule has 0 radical (unpaired) electrons. The highest BCUT2D eigenvalue weighted by atomic mass is 15.1. The number of anilines is 1. The Hall–Kier alpha value is -1.16. The van der Waals surface area contributed by atoms with Gasteiger partial charge in [-0.05, 0) is 23.9 Å². The Morgan fingerprint density at radius 1 is 1.31 bits per heavy atom. The predicted octanol–water partition coefficient (Wildman–Crippen LogP) is 1.55. The van der Waals surface area contributed by atoms with Crippen LogP contribution in [-0.4, -0.2) is 29.1 Å². The van der Waals surface area contributed by atoms with Crippen molar-refractivity contribution in [3.63, 3.8) is 0 Å². The largest absolute Gasteiger partial charge is 0.350 e. The number of rotatable bonds is 2. The van der Waals surface area contributed by atoms with E-state index in [1.54, 1.807) is 0 Å². The lowest BCUT2D eigenvalue weighted by molar-refractivity contribution is 0.584. The summed E-state index contributed by atoms with van der Waals surface area (Å²) in [5.74, 6) is 0.738. The van der Waals surface area contributed by atoms with E-state index in [2.05, 4.69) is 41.4 Å². The molecule has 1 aromatic rings. The lowest BCUT2D eigenvalue weighted by Gasteiger charge is -2.18. The molecule has 1 fully saturated rings. The molecule has 4 heteroatoms. The standard InChI is InChI=1S/C12H20N4/c1-12(2,3)9-6-14-11(15-7-9)16-10-4-5-13-8-10/h6-7,10,13H,4-5,8H2,1-3H3,(H,14,15,16). The molecule has 1 aliphatic heterocycles. The number of hydrogen-bond donors (Lipinski definition) is 2. The second kappa shape index (κ2) is 4.37. The summed E-state index contributed by atoms with van der Waals surface area (Å²) in [5, 5.41) is 6.64. The summed E-state index contributed by atoms with van der Waals surface area (Å²) >= 11 is 0. The lowest BCUT2D eigenvalue weighted by Crippen LogP contribution is -2.23.